The molecule has 0 fully saturated rings. The molecule has 0 atom stereocenters. The van der Waals surface area contributed by atoms with E-state index in [1.54, 1.807) is 62.1 Å². The Balaban J connectivity index is 1.59. The molecule has 0 saturated heterocycles. The average Bonchev–Trinajstić information content (AvgIpc) is 3.20. The van der Waals surface area contributed by atoms with Crippen molar-refractivity contribution in [1.82, 2.24) is 4.98 Å². The Morgan fingerprint density at radius 2 is 1.63 bits per heavy atom. The predicted octanol–water partition coefficient (Wildman–Crippen LogP) is 3.60. The van der Waals surface area contributed by atoms with Gasteiger partial charge in [-0.15, -0.1) is 11.3 Å². The number of thiazole rings is 1. The van der Waals surface area contributed by atoms with Crippen molar-refractivity contribution in [1.29, 1.82) is 0 Å². The second-order valence-electron chi connectivity index (χ2n) is 6.12. The van der Waals surface area contributed by atoms with Crippen molar-refractivity contribution >= 4 is 34.0 Å². The molecule has 156 valence electrons. The topological polar surface area (TPSA) is 98.8 Å². The number of carbonyl (C=O) groups is 2. The Kier molecular flexibility index (Phi) is 6.87. The number of nitrogens with one attached hydrogen (secondary N) is 2. The molecule has 0 bridgehead atoms. The van der Waals surface area contributed by atoms with Crippen LogP contribution in [0.25, 0.3) is 0 Å². The van der Waals surface area contributed by atoms with E-state index in [-0.39, 0.29) is 18.2 Å². The highest BCUT2D eigenvalue weighted by Crippen LogP contribution is 2.29. The first kappa shape index (κ1) is 21.1. The molecule has 9 heteroatoms. The van der Waals surface area contributed by atoms with Gasteiger partial charge in [-0.3, -0.25) is 14.9 Å². The van der Waals surface area contributed by atoms with Crippen LogP contribution in [-0.4, -0.2) is 38.1 Å². The molecule has 1 aromatic heterocycles. The minimum absolute atomic E-state index is 0.0596. The van der Waals surface area contributed by atoms with E-state index in [1.165, 1.54) is 18.4 Å². The average molecular weight is 427 g/mol. The van der Waals surface area contributed by atoms with Gasteiger partial charge in [-0.05, 0) is 36.4 Å². The molecule has 0 radical (unpaired) electrons. The van der Waals surface area contributed by atoms with E-state index in [2.05, 4.69) is 15.6 Å². The number of hydrogen-bond donors (Lipinski definition) is 2. The molecule has 2 amide bonds. The van der Waals surface area contributed by atoms with Crippen molar-refractivity contribution in [3.63, 3.8) is 0 Å². The smallest absolute Gasteiger partial charge is 0.257 e. The van der Waals surface area contributed by atoms with Gasteiger partial charge in [0.05, 0.1) is 39.1 Å². The van der Waals surface area contributed by atoms with Gasteiger partial charge in [-0.1, -0.05) is 0 Å². The Morgan fingerprint density at radius 3 is 2.30 bits per heavy atom. The first-order chi connectivity index (χ1) is 14.5. The zero-order valence-electron chi connectivity index (χ0n) is 16.7. The minimum Gasteiger partial charge on any atom is -0.497 e. The van der Waals surface area contributed by atoms with Crippen LogP contribution in [0, 0.1) is 0 Å². The quantitative estimate of drug-likeness (QED) is 0.570. The largest absolute Gasteiger partial charge is 0.497 e. The highest BCUT2D eigenvalue weighted by molar-refractivity contribution is 7.14. The molecule has 1 heterocycles. The van der Waals surface area contributed by atoms with E-state index in [9.17, 15) is 9.59 Å². The lowest BCUT2D eigenvalue weighted by Gasteiger charge is -2.11. The normalized spacial score (nSPS) is 10.2. The van der Waals surface area contributed by atoms with Crippen molar-refractivity contribution in [3.8, 4) is 17.2 Å². The van der Waals surface area contributed by atoms with Gasteiger partial charge in [-0.2, -0.15) is 0 Å². The van der Waals surface area contributed by atoms with E-state index >= 15 is 0 Å². The van der Waals surface area contributed by atoms with Crippen molar-refractivity contribution in [3.05, 3.63) is 59.1 Å². The van der Waals surface area contributed by atoms with Crippen LogP contribution < -0.4 is 24.8 Å². The maximum Gasteiger partial charge on any atom is 0.257 e. The summed E-state index contributed by atoms with van der Waals surface area (Å²) in [5, 5.41) is 7.67. The zero-order valence-corrected chi connectivity index (χ0v) is 17.5. The second-order valence-corrected chi connectivity index (χ2v) is 6.98. The first-order valence-corrected chi connectivity index (χ1v) is 9.82. The number of amides is 2. The number of benzene rings is 2. The lowest BCUT2D eigenvalue weighted by molar-refractivity contribution is -0.115. The highest BCUT2D eigenvalue weighted by Gasteiger charge is 2.13. The number of anilines is 2. The number of rotatable bonds is 8. The summed E-state index contributed by atoms with van der Waals surface area (Å²) in [6.45, 7) is 0. The summed E-state index contributed by atoms with van der Waals surface area (Å²) in [5.74, 6) is 1.25. The Bertz CT molecular complexity index is 1030. The van der Waals surface area contributed by atoms with Crippen LogP contribution in [0.4, 0.5) is 10.8 Å². The molecule has 0 aliphatic heterocycles. The summed E-state index contributed by atoms with van der Waals surface area (Å²) < 4.78 is 15.5. The molecule has 2 N–H and O–H groups in total. The molecule has 0 spiro atoms. The number of carbonyl (C=O) groups excluding carboxylic acids is 2. The van der Waals surface area contributed by atoms with Crippen molar-refractivity contribution in [2.75, 3.05) is 32.0 Å². The van der Waals surface area contributed by atoms with Crippen LogP contribution >= 0.6 is 11.3 Å². The van der Waals surface area contributed by atoms with E-state index in [0.29, 0.717) is 39.3 Å². The molecule has 3 rings (SSSR count). The van der Waals surface area contributed by atoms with Gasteiger partial charge in [-0.25, -0.2) is 4.98 Å². The lowest BCUT2D eigenvalue weighted by atomic mass is 10.2. The monoisotopic (exact) mass is 427 g/mol. The summed E-state index contributed by atoms with van der Waals surface area (Å²) in [6, 6.07) is 11.9. The maximum atomic E-state index is 12.4. The third-order valence-corrected chi connectivity index (χ3v) is 4.96. The Hall–Kier alpha value is -3.59. The predicted molar refractivity (Wildman–Crippen MR) is 115 cm³/mol. The van der Waals surface area contributed by atoms with E-state index in [0.717, 1.165) is 0 Å². The highest BCUT2D eigenvalue weighted by atomic mass is 32.1. The number of aromatic nitrogens is 1. The third kappa shape index (κ3) is 5.26. The van der Waals surface area contributed by atoms with Gasteiger partial charge in [0.25, 0.3) is 5.91 Å². The molecule has 8 nitrogen and oxygen atoms in total. The number of hydrogen-bond acceptors (Lipinski definition) is 7. The Morgan fingerprint density at radius 1 is 0.933 bits per heavy atom. The van der Waals surface area contributed by atoms with Crippen LogP contribution in [0.1, 0.15) is 16.1 Å². The van der Waals surface area contributed by atoms with E-state index < -0.39 is 0 Å². The van der Waals surface area contributed by atoms with Crippen LogP contribution in [0.2, 0.25) is 0 Å². The molecule has 0 unspecified atom stereocenters. The van der Waals surface area contributed by atoms with Crippen molar-refractivity contribution < 1.29 is 23.8 Å². The first-order valence-electron chi connectivity index (χ1n) is 8.94. The van der Waals surface area contributed by atoms with Gasteiger partial charge < -0.3 is 19.5 Å². The van der Waals surface area contributed by atoms with Crippen molar-refractivity contribution in [2.24, 2.45) is 0 Å². The van der Waals surface area contributed by atoms with Gasteiger partial charge in [0.15, 0.2) is 5.13 Å². The molecule has 2 aromatic carbocycles. The van der Waals surface area contributed by atoms with Gasteiger partial charge in [0, 0.05) is 17.0 Å². The number of methoxy groups -OCH3 is 3. The summed E-state index contributed by atoms with van der Waals surface area (Å²) in [6.07, 6.45) is 0.0596. The molecule has 0 aliphatic carbocycles. The molecular weight excluding hydrogens is 406 g/mol. The summed E-state index contributed by atoms with van der Waals surface area (Å²) >= 11 is 1.25. The molecular formula is C21H21N3O5S. The molecule has 0 aliphatic rings. The Labute approximate surface area is 177 Å². The minimum atomic E-state index is -0.286. The fourth-order valence-corrected chi connectivity index (χ4v) is 3.32. The maximum absolute atomic E-state index is 12.4. The summed E-state index contributed by atoms with van der Waals surface area (Å²) in [5.41, 5.74) is 1.57. The standard InChI is InChI=1S/C21H21N3O5S/c1-27-15-6-4-13(5-7-15)20(26)24-21-22-14(12-30-21)10-19(25)23-17-9-8-16(28-2)11-18(17)29-3/h4-9,11-12H,10H2,1-3H3,(H,23,25)(H,22,24,26). The van der Waals surface area contributed by atoms with Gasteiger partial charge in [0.1, 0.15) is 17.2 Å². The van der Waals surface area contributed by atoms with Crippen LogP contribution in [0.15, 0.2) is 47.8 Å². The number of nitrogens with zero attached hydrogens (tertiary/aromatic N) is 1. The van der Waals surface area contributed by atoms with Crippen molar-refractivity contribution in [2.45, 2.75) is 6.42 Å². The third-order valence-electron chi connectivity index (χ3n) is 4.15. The van der Waals surface area contributed by atoms with Crippen LogP contribution in [0.3, 0.4) is 0 Å². The van der Waals surface area contributed by atoms with E-state index in [1.807, 2.05) is 0 Å². The summed E-state index contributed by atoms with van der Waals surface area (Å²) in [4.78, 5) is 29.0. The van der Waals surface area contributed by atoms with Crippen LogP contribution in [-0.2, 0) is 11.2 Å². The molecule has 0 saturated carbocycles. The lowest BCUT2D eigenvalue weighted by Crippen LogP contribution is -2.15. The molecule has 30 heavy (non-hydrogen) atoms. The van der Waals surface area contributed by atoms with Gasteiger partial charge in [0.2, 0.25) is 5.91 Å². The van der Waals surface area contributed by atoms with Crippen LogP contribution in [0.5, 0.6) is 17.2 Å². The zero-order chi connectivity index (χ0) is 21.5. The molecule has 3 aromatic rings. The van der Waals surface area contributed by atoms with Gasteiger partial charge >= 0.3 is 0 Å². The SMILES string of the molecule is COc1ccc(C(=O)Nc2nc(CC(=O)Nc3ccc(OC)cc3OC)cs2)cc1. The second kappa shape index (κ2) is 9.75. The summed E-state index contributed by atoms with van der Waals surface area (Å²) in [7, 11) is 4.63. The fourth-order valence-electron chi connectivity index (χ4n) is 2.62. The fraction of sp³-hybridized carbons (Fsp3) is 0.190. The number of ether oxygens (including phenoxy) is 3. The van der Waals surface area contributed by atoms with E-state index in [4.69, 9.17) is 14.2 Å².